The summed E-state index contributed by atoms with van der Waals surface area (Å²) in [5, 5.41) is 2.92. The average Bonchev–Trinajstić information content (AvgIpc) is 3.05. The summed E-state index contributed by atoms with van der Waals surface area (Å²) in [5.74, 6) is -1.27. The van der Waals surface area contributed by atoms with Crippen molar-refractivity contribution in [3.05, 3.63) is 54.7 Å². The molecule has 9 heteroatoms. The standard InChI is InChI=1S/C17H14Cl3NO4S/c1-9(22)21-7-6-10-2-5-14(26-10)13(23)8-25-17(24)15-11(18)3-4-12(19)16(15)20/h2-5H,6-8H2,1H3,(H,21,22). The van der Waals surface area contributed by atoms with Crippen LogP contribution in [0.15, 0.2) is 24.3 Å². The van der Waals surface area contributed by atoms with Gasteiger partial charge in [-0.2, -0.15) is 0 Å². The van der Waals surface area contributed by atoms with Gasteiger partial charge < -0.3 is 10.1 Å². The van der Waals surface area contributed by atoms with Crippen LogP contribution in [0.1, 0.15) is 31.8 Å². The number of rotatable bonds is 7. The average molecular weight is 435 g/mol. The SMILES string of the molecule is CC(=O)NCCc1ccc(C(=O)COC(=O)c2c(Cl)ccc(Cl)c2Cl)s1. The molecule has 5 nitrogen and oxygen atoms in total. The van der Waals surface area contributed by atoms with Crippen LogP contribution in [0.25, 0.3) is 0 Å². The van der Waals surface area contributed by atoms with Crippen molar-refractivity contribution >= 4 is 63.8 Å². The van der Waals surface area contributed by atoms with E-state index in [2.05, 4.69) is 5.32 Å². The first-order valence-electron chi connectivity index (χ1n) is 7.46. The Hall–Kier alpha value is -1.60. The molecule has 1 heterocycles. The summed E-state index contributed by atoms with van der Waals surface area (Å²) in [6.07, 6.45) is 0.616. The highest BCUT2D eigenvalue weighted by atomic mass is 35.5. The second-order valence-corrected chi connectivity index (χ2v) is 7.58. The zero-order valence-corrected chi connectivity index (χ0v) is 16.7. The van der Waals surface area contributed by atoms with E-state index in [1.54, 1.807) is 12.1 Å². The number of thiophene rings is 1. The van der Waals surface area contributed by atoms with Gasteiger partial charge in [-0.15, -0.1) is 11.3 Å². The Balaban J connectivity index is 1.95. The van der Waals surface area contributed by atoms with Crippen molar-refractivity contribution in [3.8, 4) is 0 Å². The quantitative estimate of drug-likeness (QED) is 0.397. The van der Waals surface area contributed by atoms with Gasteiger partial charge in [0.1, 0.15) is 0 Å². The van der Waals surface area contributed by atoms with Crippen molar-refractivity contribution in [1.82, 2.24) is 5.32 Å². The number of benzene rings is 1. The van der Waals surface area contributed by atoms with E-state index < -0.39 is 12.6 Å². The fourth-order valence-corrected chi connectivity index (χ4v) is 3.63. The molecule has 2 rings (SSSR count). The van der Waals surface area contributed by atoms with E-state index in [9.17, 15) is 14.4 Å². The van der Waals surface area contributed by atoms with Gasteiger partial charge >= 0.3 is 5.97 Å². The first kappa shape index (κ1) is 20.7. The summed E-state index contributed by atoms with van der Waals surface area (Å²) < 4.78 is 5.02. The van der Waals surface area contributed by atoms with E-state index in [4.69, 9.17) is 39.5 Å². The molecule has 1 aromatic carbocycles. The fraction of sp³-hybridized carbons (Fsp3) is 0.235. The molecule has 0 aliphatic carbocycles. The lowest BCUT2D eigenvalue weighted by Crippen LogP contribution is -2.22. The minimum Gasteiger partial charge on any atom is -0.454 e. The molecule has 1 amide bonds. The van der Waals surface area contributed by atoms with Gasteiger partial charge in [0.05, 0.1) is 25.5 Å². The van der Waals surface area contributed by atoms with Crippen LogP contribution in [0.3, 0.4) is 0 Å². The normalized spacial score (nSPS) is 10.5. The molecule has 2 aromatic rings. The molecule has 26 heavy (non-hydrogen) atoms. The van der Waals surface area contributed by atoms with Crippen LogP contribution < -0.4 is 5.32 Å². The number of ether oxygens (including phenoxy) is 1. The third kappa shape index (κ3) is 5.45. The van der Waals surface area contributed by atoms with Crippen LogP contribution in [0.2, 0.25) is 15.1 Å². The summed E-state index contributed by atoms with van der Waals surface area (Å²) in [6.45, 7) is 1.49. The van der Waals surface area contributed by atoms with Crippen LogP contribution in [-0.4, -0.2) is 30.8 Å². The van der Waals surface area contributed by atoms with E-state index in [1.807, 2.05) is 0 Å². The van der Waals surface area contributed by atoms with Crippen LogP contribution in [0.4, 0.5) is 0 Å². The van der Waals surface area contributed by atoms with Crippen molar-refractivity contribution in [2.75, 3.05) is 13.2 Å². The third-order valence-corrected chi connectivity index (χ3v) is 5.57. The molecular formula is C17H14Cl3NO4S. The number of amides is 1. The number of hydrogen-bond donors (Lipinski definition) is 1. The van der Waals surface area contributed by atoms with Gasteiger partial charge in [-0.1, -0.05) is 34.8 Å². The smallest absolute Gasteiger partial charge is 0.341 e. The Morgan fingerprint density at radius 2 is 1.77 bits per heavy atom. The lowest BCUT2D eigenvalue weighted by Gasteiger charge is -2.08. The van der Waals surface area contributed by atoms with E-state index in [1.165, 1.54) is 30.4 Å². The van der Waals surface area contributed by atoms with Gasteiger partial charge in [-0.3, -0.25) is 9.59 Å². The lowest BCUT2D eigenvalue weighted by molar-refractivity contribution is -0.118. The summed E-state index contributed by atoms with van der Waals surface area (Å²) >= 11 is 19.1. The summed E-state index contributed by atoms with van der Waals surface area (Å²) in [7, 11) is 0. The van der Waals surface area contributed by atoms with Gasteiger partial charge in [0, 0.05) is 18.3 Å². The molecule has 0 aliphatic heterocycles. The number of nitrogens with one attached hydrogen (secondary N) is 1. The fourth-order valence-electron chi connectivity index (χ4n) is 2.01. The molecule has 1 N–H and O–H groups in total. The maximum atomic E-state index is 12.2. The Labute approximate surface area is 169 Å². The van der Waals surface area contributed by atoms with Crippen molar-refractivity contribution in [2.45, 2.75) is 13.3 Å². The Morgan fingerprint density at radius 3 is 2.46 bits per heavy atom. The minimum atomic E-state index is -0.821. The van der Waals surface area contributed by atoms with Gasteiger partial charge in [0.2, 0.25) is 11.7 Å². The van der Waals surface area contributed by atoms with Crippen molar-refractivity contribution in [2.24, 2.45) is 0 Å². The van der Waals surface area contributed by atoms with Crippen molar-refractivity contribution < 1.29 is 19.1 Å². The van der Waals surface area contributed by atoms with E-state index >= 15 is 0 Å². The summed E-state index contributed by atoms with van der Waals surface area (Å²) in [4.78, 5) is 36.6. The number of carbonyl (C=O) groups excluding carboxylic acids is 3. The molecular weight excluding hydrogens is 421 g/mol. The predicted octanol–water partition coefficient (Wildman–Crippen LogP) is 4.43. The molecule has 0 aliphatic rings. The highest BCUT2D eigenvalue weighted by Gasteiger charge is 2.20. The van der Waals surface area contributed by atoms with Crippen LogP contribution in [0.5, 0.6) is 0 Å². The zero-order valence-electron chi connectivity index (χ0n) is 13.6. The Morgan fingerprint density at radius 1 is 1.08 bits per heavy atom. The van der Waals surface area contributed by atoms with Gasteiger partial charge in [0.15, 0.2) is 6.61 Å². The third-order valence-electron chi connectivity index (χ3n) is 3.26. The Kier molecular flexibility index (Phi) is 7.46. The van der Waals surface area contributed by atoms with Crippen LogP contribution >= 0.6 is 46.1 Å². The van der Waals surface area contributed by atoms with E-state index in [0.29, 0.717) is 17.8 Å². The second-order valence-electron chi connectivity index (χ2n) is 5.22. The second kappa shape index (κ2) is 9.37. The van der Waals surface area contributed by atoms with Crippen molar-refractivity contribution in [1.29, 1.82) is 0 Å². The molecule has 138 valence electrons. The monoisotopic (exact) mass is 433 g/mol. The van der Waals surface area contributed by atoms with Gasteiger partial charge in [-0.25, -0.2) is 4.79 Å². The molecule has 0 saturated carbocycles. The number of Topliss-reactive ketones (excluding diaryl/α,β-unsaturated/α-hetero) is 1. The molecule has 0 saturated heterocycles. The number of esters is 1. The van der Waals surface area contributed by atoms with Gasteiger partial charge in [0.25, 0.3) is 0 Å². The molecule has 0 bridgehead atoms. The number of hydrogen-bond acceptors (Lipinski definition) is 5. The van der Waals surface area contributed by atoms with Crippen LogP contribution in [0, 0.1) is 0 Å². The highest BCUT2D eigenvalue weighted by molar-refractivity contribution is 7.14. The topological polar surface area (TPSA) is 72.5 Å². The first-order valence-corrected chi connectivity index (χ1v) is 9.41. The summed E-state index contributed by atoms with van der Waals surface area (Å²) in [5.41, 5.74) is -0.0733. The van der Waals surface area contributed by atoms with Crippen LogP contribution in [-0.2, 0) is 16.0 Å². The molecule has 0 spiro atoms. The molecule has 0 unspecified atom stereocenters. The lowest BCUT2D eigenvalue weighted by atomic mass is 10.2. The van der Waals surface area contributed by atoms with Gasteiger partial charge in [-0.05, 0) is 30.7 Å². The number of ketones is 1. The molecule has 0 atom stereocenters. The van der Waals surface area contributed by atoms with E-state index in [0.717, 1.165) is 4.88 Å². The maximum absolute atomic E-state index is 12.2. The Bertz CT molecular complexity index is 851. The predicted molar refractivity (Wildman–Crippen MR) is 103 cm³/mol. The summed E-state index contributed by atoms with van der Waals surface area (Å²) in [6, 6.07) is 6.34. The largest absolute Gasteiger partial charge is 0.454 e. The molecule has 1 aromatic heterocycles. The highest BCUT2D eigenvalue weighted by Crippen LogP contribution is 2.32. The minimum absolute atomic E-state index is 0.0204. The van der Waals surface area contributed by atoms with Crippen molar-refractivity contribution in [3.63, 3.8) is 0 Å². The molecule has 0 radical (unpaired) electrons. The maximum Gasteiger partial charge on any atom is 0.341 e. The number of carbonyl (C=O) groups is 3. The molecule has 0 fully saturated rings. The first-order chi connectivity index (χ1) is 12.3. The van der Waals surface area contributed by atoms with E-state index in [-0.39, 0.29) is 32.3 Å². The zero-order chi connectivity index (χ0) is 19.3. The number of halogens is 3.